The van der Waals surface area contributed by atoms with Crippen LogP contribution in [0.3, 0.4) is 0 Å². The first-order valence-electron chi connectivity index (χ1n) is 6.42. The Balaban J connectivity index is 2.17. The topological polar surface area (TPSA) is 54.4 Å². The zero-order valence-corrected chi connectivity index (χ0v) is 12.2. The van der Waals surface area contributed by atoms with E-state index in [9.17, 15) is 5.11 Å². The fourth-order valence-corrected chi connectivity index (χ4v) is 2.01. The van der Waals surface area contributed by atoms with Crippen LogP contribution in [-0.2, 0) is 6.54 Å². The molecule has 0 saturated carbocycles. The van der Waals surface area contributed by atoms with Gasteiger partial charge in [0, 0.05) is 10.7 Å². The summed E-state index contributed by atoms with van der Waals surface area (Å²) in [6, 6.07) is 8.79. The molecule has 1 aromatic carbocycles. The highest BCUT2D eigenvalue weighted by Gasteiger charge is 2.07. The monoisotopic (exact) mass is 292 g/mol. The lowest BCUT2D eigenvalue weighted by Crippen LogP contribution is -2.05. The summed E-state index contributed by atoms with van der Waals surface area (Å²) in [5, 5.41) is 13.6. The van der Waals surface area contributed by atoms with E-state index in [4.69, 9.17) is 16.3 Å². The van der Waals surface area contributed by atoms with Crippen molar-refractivity contribution in [2.75, 3.05) is 11.9 Å². The Bertz CT molecular complexity index is 602. The maximum Gasteiger partial charge on any atom is 0.142 e. The molecule has 0 aliphatic heterocycles. The van der Waals surface area contributed by atoms with E-state index in [1.165, 1.54) is 0 Å². The van der Waals surface area contributed by atoms with Crippen LogP contribution < -0.4 is 10.1 Å². The summed E-state index contributed by atoms with van der Waals surface area (Å²) in [4.78, 5) is 4.30. The number of hydrogen-bond donors (Lipinski definition) is 2. The number of ether oxygens (including phenoxy) is 1. The Morgan fingerprint density at radius 3 is 2.85 bits per heavy atom. The van der Waals surface area contributed by atoms with Crippen molar-refractivity contribution in [3.63, 3.8) is 0 Å². The van der Waals surface area contributed by atoms with E-state index in [2.05, 4.69) is 10.3 Å². The van der Waals surface area contributed by atoms with Gasteiger partial charge < -0.3 is 15.2 Å². The molecule has 2 aromatic rings. The van der Waals surface area contributed by atoms with Crippen LogP contribution >= 0.6 is 11.6 Å². The second-order valence-corrected chi connectivity index (χ2v) is 4.78. The van der Waals surface area contributed by atoms with Gasteiger partial charge in [0.2, 0.25) is 0 Å². The predicted octanol–water partition coefficient (Wildman–Crippen LogP) is 3.76. The number of halogens is 1. The van der Waals surface area contributed by atoms with Gasteiger partial charge in [0.15, 0.2) is 0 Å². The van der Waals surface area contributed by atoms with Crippen LogP contribution in [-0.4, -0.2) is 16.7 Å². The number of pyridine rings is 1. The molecule has 1 aromatic heterocycles. The summed E-state index contributed by atoms with van der Waals surface area (Å²) in [5.74, 6) is 0.895. The summed E-state index contributed by atoms with van der Waals surface area (Å²) in [6.45, 7) is 4.78. The fraction of sp³-hybridized carbons (Fsp3) is 0.267. The van der Waals surface area contributed by atoms with Gasteiger partial charge >= 0.3 is 0 Å². The molecule has 0 bridgehead atoms. The molecule has 0 aliphatic carbocycles. The van der Waals surface area contributed by atoms with Gasteiger partial charge in [-0.25, -0.2) is 0 Å². The van der Waals surface area contributed by atoms with Gasteiger partial charge in [-0.3, -0.25) is 4.98 Å². The summed E-state index contributed by atoms with van der Waals surface area (Å²) in [7, 11) is 0. The number of nitrogens with zero attached hydrogens (tertiary/aromatic N) is 1. The van der Waals surface area contributed by atoms with E-state index in [1.807, 2.05) is 19.9 Å². The van der Waals surface area contributed by atoms with Crippen LogP contribution in [0.4, 0.5) is 5.69 Å². The molecule has 5 heteroatoms. The average Bonchev–Trinajstić information content (AvgIpc) is 2.42. The first kappa shape index (κ1) is 14.5. The number of anilines is 1. The average molecular weight is 293 g/mol. The third-order valence-corrected chi connectivity index (χ3v) is 3.01. The molecular weight excluding hydrogens is 276 g/mol. The van der Waals surface area contributed by atoms with Crippen molar-refractivity contribution >= 4 is 17.3 Å². The number of aryl methyl sites for hydroxylation is 1. The van der Waals surface area contributed by atoms with Crippen molar-refractivity contribution in [3.8, 4) is 11.5 Å². The summed E-state index contributed by atoms with van der Waals surface area (Å²) in [6.07, 6.45) is 0. The number of aromatic nitrogens is 1. The van der Waals surface area contributed by atoms with E-state index in [1.54, 1.807) is 24.3 Å². The van der Waals surface area contributed by atoms with Gasteiger partial charge in [-0.2, -0.15) is 0 Å². The Hall–Kier alpha value is -1.94. The minimum absolute atomic E-state index is 0.170. The lowest BCUT2D eigenvalue weighted by atomic mass is 10.2. The molecule has 0 unspecified atom stereocenters. The highest BCUT2D eigenvalue weighted by atomic mass is 35.5. The molecule has 0 atom stereocenters. The number of benzene rings is 1. The van der Waals surface area contributed by atoms with Crippen LogP contribution in [0, 0.1) is 6.92 Å². The fourth-order valence-electron chi connectivity index (χ4n) is 1.83. The predicted molar refractivity (Wildman–Crippen MR) is 80.6 cm³/mol. The lowest BCUT2D eigenvalue weighted by molar-refractivity contribution is 0.341. The van der Waals surface area contributed by atoms with E-state index in [0.717, 1.165) is 17.1 Å². The maximum absolute atomic E-state index is 9.78. The molecule has 20 heavy (non-hydrogen) atoms. The van der Waals surface area contributed by atoms with Crippen molar-refractivity contribution in [1.82, 2.24) is 4.98 Å². The van der Waals surface area contributed by atoms with Crippen LogP contribution in [0.2, 0.25) is 5.02 Å². The van der Waals surface area contributed by atoms with Crippen LogP contribution in [0.25, 0.3) is 0 Å². The third-order valence-electron chi connectivity index (χ3n) is 2.78. The molecular formula is C15H17ClN2O2. The number of hydrogen-bond acceptors (Lipinski definition) is 4. The molecule has 0 amide bonds. The summed E-state index contributed by atoms with van der Waals surface area (Å²) < 4.78 is 5.53. The Morgan fingerprint density at radius 2 is 2.10 bits per heavy atom. The second-order valence-electron chi connectivity index (χ2n) is 4.35. The van der Waals surface area contributed by atoms with E-state index < -0.39 is 0 Å². The second kappa shape index (κ2) is 6.48. The Morgan fingerprint density at radius 1 is 1.30 bits per heavy atom. The molecule has 4 nitrogen and oxygen atoms in total. The number of aromatic hydroxyl groups is 1. The summed E-state index contributed by atoms with van der Waals surface area (Å²) in [5.41, 5.74) is 2.23. The largest absolute Gasteiger partial charge is 0.506 e. The molecule has 1 heterocycles. The van der Waals surface area contributed by atoms with E-state index in [0.29, 0.717) is 23.9 Å². The first-order valence-corrected chi connectivity index (χ1v) is 6.79. The quantitative estimate of drug-likeness (QED) is 0.881. The van der Waals surface area contributed by atoms with Crippen LogP contribution in [0.15, 0.2) is 30.3 Å². The third kappa shape index (κ3) is 3.54. The highest BCUT2D eigenvalue weighted by Crippen LogP contribution is 2.29. The summed E-state index contributed by atoms with van der Waals surface area (Å²) >= 11 is 5.99. The molecule has 0 fully saturated rings. The smallest absolute Gasteiger partial charge is 0.142 e. The van der Waals surface area contributed by atoms with Crippen LogP contribution in [0.5, 0.6) is 11.5 Å². The standard InChI is InChI=1S/C15H17ClN2O2/c1-3-20-15-7-5-11(16)8-12(15)17-9-13-14(19)6-4-10(2)18-13/h4-8,17,19H,3,9H2,1-2H3. The maximum atomic E-state index is 9.78. The number of rotatable bonds is 5. The van der Waals surface area contributed by atoms with Crippen molar-refractivity contribution < 1.29 is 9.84 Å². The first-order chi connectivity index (χ1) is 9.60. The van der Waals surface area contributed by atoms with Crippen molar-refractivity contribution in [3.05, 3.63) is 46.7 Å². The van der Waals surface area contributed by atoms with Gasteiger partial charge in [-0.1, -0.05) is 11.6 Å². The van der Waals surface area contributed by atoms with Gasteiger partial charge in [0.1, 0.15) is 17.2 Å². The lowest BCUT2D eigenvalue weighted by Gasteiger charge is -2.13. The molecule has 0 aliphatic rings. The molecule has 0 saturated heterocycles. The number of nitrogens with one attached hydrogen (secondary N) is 1. The molecule has 2 N–H and O–H groups in total. The van der Waals surface area contributed by atoms with Crippen molar-refractivity contribution in [2.24, 2.45) is 0 Å². The highest BCUT2D eigenvalue weighted by molar-refractivity contribution is 6.30. The Kier molecular flexibility index (Phi) is 4.69. The normalized spacial score (nSPS) is 10.3. The van der Waals surface area contributed by atoms with Crippen molar-refractivity contribution in [1.29, 1.82) is 0 Å². The van der Waals surface area contributed by atoms with Gasteiger partial charge in [-0.15, -0.1) is 0 Å². The molecule has 0 spiro atoms. The van der Waals surface area contributed by atoms with E-state index in [-0.39, 0.29) is 5.75 Å². The van der Waals surface area contributed by atoms with Crippen LogP contribution in [0.1, 0.15) is 18.3 Å². The van der Waals surface area contributed by atoms with Gasteiger partial charge in [0.05, 0.1) is 18.8 Å². The minimum atomic E-state index is 0.170. The molecule has 106 valence electrons. The zero-order valence-electron chi connectivity index (χ0n) is 11.5. The minimum Gasteiger partial charge on any atom is -0.506 e. The Labute approximate surface area is 123 Å². The SMILES string of the molecule is CCOc1ccc(Cl)cc1NCc1nc(C)ccc1O. The zero-order chi connectivity index (χ0) is 14.5. The van der Waals surface area contributed by atoms with Crippen molar-refractivity contribution in [2.45, 2.75) is 20.4 Å². The van der Waals surface area contributed by atoms with Gasteiger partial charge in [-0.05, 0) is 44.2 Å². The van der Waals surface area contributed by atoms with Gasteiger partial charge in [0.25, 0.3) is 0 Å². The molecule has 0 radical (unpaired) electrons. The van der Waals surface area contributed by atoms with E-state index >= 15 is 0 Å². The molecule has 2 rings (SSSR count).